The van der Waals surface area contributed by atoms with Crippen molar-refractivity contribution in [1.82, 2.24) is 5.32 Å². The van der Waals surface area contributed by atoms with Crippen LogP contribution in [0.5, 0.6) is 0 Å². The molecule has 4 N–H and O–H groups in total. The molecule has 2 unspecified atom stereocenters. The Morgan fingerprint density at radius 1 is 1.38 bits per heavy atom. The zero-order valence-corrected chi connectivity index (χ0v) is 9.21. The van der Waals surface area contributed by atoms with Crippen molar-refractivity contribution >= 4 is 6.02 Å². The number of hydrogen-bond donors (Lipinski definition) is 4. The van der Waals surface area contributed by atoms with Crippen LogP contribution in [-0.2, 0) is 4.74 Å². The van der Waals surface area contributed by atoms with Gasteiger partial charge in [0, 0.05) is 6.54 Å². The minimum atomic E-state index is -0.962. The van der Waals surface area contributed by atoms with Gasteiger partial charge in [0.05, 0.1) is 18.6 Å². The quantitative estimate of drug-likeness (QED) is 0.471. The third-order valence-electron chi connectivity index (χ3n) is 3.15. The fourth-order valence-corrected chi connectivity index (χ4v) is 2.23. The first kappa shape index (κ1) is 11.6. The maximum Gasteiger partial charge on any atom is 0.285 e. The molecule has 92 valence electrons. The molecule has 6 heteroatoms. The Hall–Kier alpha value is -0.850. The van der Waals surface area contributed by atoms with Gasteiger partial charge in [0.25, 0.3) is 6.02 Å². The van der Waals surface area contributed by atoms with E-state index < -0.39 is 30.3 Å². The molecule has 0 aromatic rings. The minimum Gasteiger partial charge on any atom is -0.459 e. The lowest BCUT2D eigenvalue weighted by atomic mass is 10.1. The monoisotopic (exact) mass is 230 g/mol. The van der Waals surface area contributed by atoms with Crippen LogP contribution >= 0.6 is 0 Å². The molecule has 1 heterocycles. The molecule has 0 aromatic carbocycles. The summed E-state index contributed by atoms with van der Waals surface area (Å²) < 4.78 is 5.49. The van der Waals surface area contributed by atoms with E-state index >= 15 is 0 Å². The van der Waals surface area contributed by atoms with Crippen LogP contribution in [0.2, 0.25) is 0 Å². The van der Waals surface area contributed by atoms with Crippen molar-refractivity contribution in [2.24, 2.45) is 10.9 Å². The highest BCUT2D eigenvalue weighted by atomic mass is 16.5. The Labute approximate surface area is 94.0 Å². The second-order valence-electron chi connectivity index (χ2n) is 4.26. The van der Waals surface area contributed by atoms with Crippen molar-refractivity contribution in [3.05, 3.63) is 0 Å². The van der Waals surface area contributed by atoms with Gasteiger partial charge in [-0.1, -0.05) is 6.92 Å². The van der Waals surface area contributed by atoms with Crippen LogP contribution in [0.1, 0.15) is 13.3 Å². The first-order valence-electron chi connectivity index (χ1n) is 5.64. The highest BCUT2D eigenvalue weighted by Gasteiger charge is 2.54. The summed E-state index contributed by atoms with van der Waals surface area (Å²) in [4.78, 5) is 4.18. The first-order valence-corrected chi connectivity index (χ1v) is 5.64. The second kappa shape index (κ2) is 4.57. The molecule has 2 aliphatic rings. The highest BCUT2D eigenvalue weighted by molar-refractivity contribution is 5.76. The summed E-state index contributed by atoms with van der Waals surface area (Å²) >= 11 is 0. The van der Waals surface area contributed by atoms with Crippen LogP contribution in [0, 0.1) is 5.92 Å². The van der Waals surface area contributed by atoms with Gasteiger partial charge in [-0.05, 0) is 6.42 Å². The number of fused-ring (bicyclic) bond motifs is 1. The van der Waals surface area contributed by atoms with Gasteiger partial charge in [0.15, 0.2) is 0 Å². The number of rotatable bonds is 3. The molecule has 0 saturated heterocycles. The molecule has 1 saturated carbocycles. The van der Waals surface area contributed by atoms with Crippen LogP contribution < -0.4 is 5.32 Å². The fraction of sp³-hybridized carbons (Fsp3) is 0.900. The van der Waals surface area contributed by atoms with Gasteiger partial charge >= 0.3 is 0 Å². The second-order valence-corrected chi connectivity index (χ2v) is 4.26. The fourth-order valence-electron chi connectivity index (χ4n) is 2.23. The molecule has 5 atom stereocenters. The standard InChI is InChI=1S/C10H18N2O4/c1-2-3-11-10-12-6-8(15)7(14)5(4-13)9(6)16-10/h5-9,13-15H,2-4H2,1H3,(H,11,12)/t5-,6?,7-,8-,9?/m1/s1. The summed E-state index contributed by atoms with van der Waals surface area (Å²) in [6, 6.07) is -0.0623. The molecule has 1 aliphatic carbocycles. The van der Waals surface area contributed by atoms with E-state index in [1.165, 1.54) is 0 Å². The summed E-state index contributed by atoms with van der Waals surface area (Å²) in [7, 11) is 0. The number of nitrogens with zero attached hydrogens (tertiary/aromatic N) is 1. The Morgan fingerprint density at radius 2 is 2.12 bits per heavy atom. The predicted molar refractivity (Wildman–Crippen MR) is 57.0 cm³/mol. The normalized spacial score (nSPS) is 41.5. The van der Waals surface area contributed by atoms with Crippen molar-refractivity contribution in [3.63, 3.8) is 0 Å². The van der Waals surface area contributed by atoms with E-state index in [2.05, 4.69) is 10.3 Å². The number of hydrogen-bond acceptors (Lipinski definition) is 6. The lowest BCUT2D eigenvalue weighted by Crippen LogP contribution is -2.34. The first-order chi connectivity index (χ1) is 7.69. The van der Waals surface area contributed by atoms with Gasteiger partial charge in [0.2, 0.25) is 0 Å². The summed E-state index contributed by atoms with van der Waals surface area (Å²) in [6.45, 7) is 2.56. The summed E-state index contributed by atoms with van der Waals surface area (Å²) in [5.74, 6) is -0.468. The largest absolute Gasteiger partial charge is 0.459 e. The van der Waals surface area contributed by atoms with Gasteiger partial charge in [-0.15, -0.1) is 0 Å². The number of aliphatic imine (C=N–C) groups is 1. The van der Waals surface area contributed by atoms with Gasteiger partial charge in [-0.2, -0.15) is 0 Å². The summed E-state index contributed by atoms with van der Waals surface area (Å²) in [5, 5.41) is 31.5. The zero-order valence-electron chi connectivity index (χ0n) is 9.21. The number of nitrogens with one attached hydrogen (secondary N) is 1. The highest BCUT2D eigenvalue weighted by Crippen LogP contribution is 2.34. The third-order valence-corrected chi connectivity index (χ3v) is 3.15. The molecular weight excluding hydrogens is 212 g/mol. The Bertz CT molecular complexity index is 284. The third kappa shape index (κ3) is 1.77. The van der Waals surface area contributed by atoms with Crippen molar-refractivity contribution < 1.29 is 20.1 Å². The average molecular weight is 230 g/mol. The number of ether oxygens (including phenoxy) is 1. The van der Waals surface area contributed by atoms with Crippen molar-refractivity contribution in [1.29, 1.82) is 0 Å². The lowest BCUT2D eigenvalue weighted by Gasteiger charge is -2.18. The van der Waals surface area contributed by atoms with Crippen molar-refractivity contribution in [2.45, 2.75) is 37.7 Å². The molecule has 1 aliphatic heterocycles. The Kier molecular flexibility index (Phi) is 3.32. The van der Waals surface area contributed by atoms with Gasteiger partial charge in [0.1, 0.15) is 18.2 Å². The summed E-state index contributed by atoms with van der Waals surface area (Å²) in [5.41, 5.74) is 0. The molecule has 0 radical (unpaired) electrons. The van der Waals surface area contributed by atoms with Crippen LogP contribution in [0.25, 0.3) is 0 Å². The predicted octanol–water partition coefficient (Wildman–Crippen LogP) is -1.55. The van der Waals surface area contributed by atoms with Crippen LogP contribution in [0.3, 0.4) is 0 Å². The molecule has 0 amide bonds. The maximum absolute atomic E-state index is 9.74. The van der Waals surface area contributed by atoms with E-state index in [4.69, 9.17) is 9.84 Å². The molecule has 0 bridgehead atoms. The number of aliphatic hydroxyl groups is 3. The minimum absolute atomic E-state index is 0.212. The number of aliphatic hydroxyl groups excluding tert-OH is 3. The van der Waals surface area contributed by atoms with Gasteiger partial charge in [-0.3, -0.25) is 0 Å². The zero-order chi connectivity index (χ0) is 11.7. The van der Waals surface area contributed by atoms with Crippen molar-refractivity contribution in [2.75, 3.05) is 13.2 Å². The molecule has 6 nitrogen and oxygen atoms in total. The van der Waals surface area contributed by atoms with E-state index in [-0.39, 0.29) is 6.61 Å². The van der Waals surface area contributed by atoms with E-state index in [9.17, 15) is 10.2 Å². The molecular formula is C10H18N2O4. The topological polar surface area (TPSA) is 94.3 Å². The molecule has 1 fully saturated rings. The van der Waals surface area contributed by atoms with E-state index in [1.807, 2.05) is 6.92 Å². The maximum atomic E-state index is 9.74. The van der Waals surface area contributed by atoms with E-state index in [1.54, 1.807) is 0 Å². The van der Waals surface area contributed by atoms with Gasteiger partial charge in [-0.25, -0.2) is 4.99 Å². The Morgan fingerprint density at radius 3 is 2.75 bits per heavy atom. The van der Waals surface area contributed by atoms with Crippen LogP contribution in [0.4, 0.5) is 0 Å². The summed E-state index contributed by atoms with van der Waals surface area (Å²) in [6.07, 6.45) is -1.39. The SMILES string of the molecule is CCCNC1=NC2C(O1)[C@H](CO)[C@@H](O)[C@@H]2O. The van der Waals surface area contributed by atoms with Crippen LogP contribution in [0.15, 0.2) is 4.99 Å². The van der Waals surface area contributed by atoms with Gasteiger partial charge < -0.3 is 25.4 Å². The number of amidine groups is 1. The molecule has 2 rings (SSSR count). The molecule has 16 heavy (non-hydrogen) atoms. The Balaban J connectivity index is 2.04. The van der Waals surface area contributed by atoms with E-state index in [0.717, 1.165) is 13.0 Å². The smallest absolute Gasteiger partial charge is 0.285 e. The molecule has 0 aromatic heterocycles. The van der Waals surface area contributed by atoms with E-state index in [0.29, 0.717) is 6.02 Å². The molecule has 0 spiro atoms. The average Bonchev–Trinajstić information content (AvgIpc) is 2.78. The van der Waals surface area contributed by atoms with Crippen LogP contribution in [-0.4, -0.2) is 58.8 Å². The van der Waals surface area contributed by atoms with Crippen molar-refractivity contribution in [3.8, 4) is 0 Å². The lowest BCUT2D eigenvalue weighted by molar-refractivity contribution is -0.00716.